The van der Waals surface area contributed by atoms with Gasteiger partial charge < -0.3 is 20.2 Å². The first-order valence-electron chi connectivity index (χ1n) is 8.24. The van der Waals surface area contributed by atoms with E-state index < -0.39 is 15.4 Å². The standard InChI is InChI=1S/C16H27N3O4S/c1-4-17-15(18-9-13-7-8-24(21,22)10-13)19-11-16(3,20)14-6-5-12(2)23-14/h5-6,13,20H,4,7-11H2,1-3H3,(H2,17,18,19). The second-order valence-corrected chi connectivity index (χ2v) is 8.76. The molecule has 0 amide bonds. The predicted molar refractivity (Wildman–Crippen MR) is 93.8 cm³/mol. The molecule has 136 valence electrons. The third-order valence-corrected chi connectivity index (χ3v) is 5.88. The van der Waals surface area contributed by atoms with E-state index in [1.54, 1.807) is 19.1 Å². The summed E-state index contributed by atoms with van der Waals surface area (Å²) >= 11 is 0. The summed E-state index contributed by atoms with van der Waals surface area (Å²) in [7, 11) is -2.88. The van der Waals surface area contributed by atoms with Gasteiger partial charge >= 0.3 is 0 Å². The molecule has 1 aromatic heterocycles. The first kappa shape index (κ1) is 18.8. The Bertz CT molecular complexity index is 679. The van der Waals surface area contributed by atoms with Crippen LogP contribution in [0.4, 0.5) is 0 Å². The van der Waals surface area contributed by atoms with Crippen LogP contribution < -0.4 is 10.6 Å². The van der Waals surface area contributed by atoms with Crippen molar-refractivity contribution < 1.29 is 17.9 Å². The van der Waals surface area contributed by atoms with Gasteiger partial charge in [-0.2, -0.15) is 0 Å². The lowest BCUT2D eigenvalue weighted by Crippen LogP contribution is -2.41. The molecule has 0 radical (unpaired) electrons. The van der Waals surface area contributed by atoms with Crippen molar-refractivity contribution in [2.75, 3.05) is 31.1 Å². The lowest BCUT2D eigenvalue weighted by atomic mass is 10.0. The molecule has 24 heavy (non-hydrogen) atoms. The number of sulfone groups is 1. The number of aryl methyl sites for hydroxylation is 1. The number of guanidine groups is 1. The number of aliphatic imine (C=N–C) groups is 1. The van der Waals surface area contributed by atoms with E-state index in [1.165, 1.54) is 0 Å². The fourth-order valence-electron chi connectivity index (χ4n) is 2.65. The van der Waals surface area contributed by atoms with E-state index in [1.807, 2.05) is 13.8 Å². The maximum atomic E-state index is 11.5. The van der Waals surface area contributed by atoms with Crippen LogP contribution in [0.3, 0.4) is 0 Å². The van der Waals surface area contributed by atoms with E-state index in [0.717, 1.165) is 5.76 Å². The molecular weight excluding hydrogens is 330 g/mol. The van der Waals surface area contributed by atoms with E-state index in [4.69, 9.17) is 4.42 Å². The highest BCUT2D eigenvalue weighted by Crippen LogP contribution is 2.23. The molecule has 1 aromatic rings. The Morgan fingerprint density at radius 1 is 1.46 bits per heavy atom. The van der Waals surface area contributed by atoms with Crippen molar-refractivity contribution >= 4 is 15.8 Å². The minimum atomic E-state index is -2.88. The fourth-order valence-corrected chi connectivity index (χ4v) is 4.51. The number of rotatable bonds is 6. The van der Waals surface area contributed by atoms with Crippen LogP contribution in [-0.4, -0.2) is 50.6 Å². The summed E-state index contributed by atoms with van der Waals surface area (Å²) in [5, 5.41) is 16.8. The molecule has 7 nitrogen and oxygen atoms in total. The van der Waals surface area contributed by atoms with Crippen LogP contribution in [0, 0.1) is 12.8 Å². The lowest BCUT2D eigenvalue weighted by Gasteiger charge is -2.20. The Balaban J connectivity index is 1.95. The summed E-state index contributed by atoms with van der Waals surface area (Å²) in [5.74, 6) is 2.36. The van der Waals surface area contributed by atoms with Crippen LogP contribution in [0.15, 0.2) is 21.5 Å². The van der Waals surface area contributed by atoms with Crippen molar-refractivity contribution in [3.05, 3.63) is 23.7 Å². The van der Waals surface area contributed by atoms with Crippen LogP contribution in [0.25, 0.3) is 0 Å². The minimum Gasteiger partial charge on any atom is -0.463 e. The van der Waals surface area contributed by atoms with Crippen LogP contribution in [0.5, 0.6) is 0 Å². The smallest absolute Gasteiger partial charge is 0.191 e. The summed E-state index contributed by atoms with van der Waals surface area (Å²) in [6, 6.07) is 3.55. The van der Waals surface area contributed by atoms with Gasteiger partial charge in [-0.15, -0.1) is 0 Å². The summed E-state index contributed by atoms with van der Waals surface area (Å²) < 4.78 is 28.5. The van der Waals surface area contributed by atoms with Crippen LogP contribution in [-0.2, 0) is 15.4 Å². The summed E-state index contributed by atoms with van der Waals surface area (Å²) in [6.45, 7) is 6.79. The van der Waals surface area contributed by atoms with Gasteiger partial charge in [-0.25, -0.2) is 13.4 Å². The molecule has 0 aromatic carbocycles. The number of nitrogens with one attached hydrogen (secondary N) is 2. The van der Waals surface area contributed by atoms with Gasteiger partial charge in [-0.3, -0.25) is 0 Å². The van der Waals surface area contributed by atoms with E-state index in [-0.39, 0.29) is 24.0 Å². The highest BCUT2D eigenvalue weighted by Gasteiger charge is 2.28. The molecule has 2 atom stereocenters. The quantitative estimate of drug-likeness (QED) is 0.514. The zero-order valence-corrected chi connectivity index (χ0v) is 15.3. The Hall–Kier alpha value is -1.54. The molecule has 8 heteroatoms. The van der Waals surface area contributed by atoms with Gasteiger partial charge in [0.1, 0.15) is 17.1 Å². The van der Waals surface area contributed by atoms with Crippen LogP contribution >= 0.6 is 0 Å². The van der Waals surface area contributed by atoms with Gasteiger partial charge in [0.2, 0.25) is 0 Å². The lowest BCUT2D eigenvalue weighted by molar-refractivity contribution is 0.0428. The van der Waals surface area contributed by atoms with Crippen molar-refractivity contribution in [1.82, 2.24) is 10.6 Å². The molecule has 3 N–H and O–H groups in total. The van der Waals surface area contributed by atoms with Gasteiger partial charge in [0.25, 0.3) is 0 Å². The van der Waals surface area contributed by atoms with Crippen molar-refractivity contribution in [3.8, 4) is 0 Å². The zero-order chi connectivity index (χ0) is 17.8. The SMILES string of the molecule is CCNC(=NCC(C)(O)c1ccc(C)o1)NCC1CCS(=O)(=O)C1. The van der Waals surface area contributed by atoms with Crippen molar-refractivity contribution in [2.45, 2.75) is 32.8 Å². The molecule has 1 fully saturated rings. The maximum absolute atomic E-state index is 11.5. The largest absolute Gasteiger partial charge is 0.463 e. The van der Waals surface area contributed by atoms with Gasteiger partial charge in [0.05, 0.1) is 18.1 Å². The molecule has 0 saturated carbocycles. The van der Waals surface area contributed by atoms with Gasteiger partial charge in [-0.05, 0) is 45.2 Å². The van der Waals surface area contributed by atoms with Gasteiger partial charge in [0, 0.05) is 13.1 Å². The number of nitrogens with zero attached hydrogens (tertiary/aromatic N) is 1. The summed E-state index contributed by atoms with van der Waals surface area (Å²) in [6.07, 6.45) is 0.679. The number of hydrogen-bond donors (Lipinski definition) is 3. The monoisotopic (exact) mass is 357 g/mol. The number of furan rings is 1. The Labute approximate surface area is 143 Å². The Morgan fingerprint density at radius 2 is 2.21 bits per heavy atom. The first-order chi connectivity index (χ1) is 11.2. The second-order valence-electron chi connectivity index (χ2n) is 6.53. The van der Waals surface area contributed by atoms with Gasteiger partial charge in [0.15, 0.2) is 15.8 Å². The van der Waals surface area contributed by atoms with Crippen molar-refractivity contribution in [3.63, 3.8) is 0 Å². The molecule has 1 saturated heterocycles. The summed E-state index contributed by atoms with van der Waals surface area (Å²) in [5.41, 5.74) is -1.20. The third kappa shape index (κ3) is 5.24. The van der Waals surface area contributed by atoms with Crippen LogP contribution in [0.2, 0.25) is 0 Å². The summed E-state index contributed by atoms with van der Waals surface area (Å²) in [4.78, 5) is 4.40. The second kappa shape index (κ2) is 7.57. The van der Waals surface area contributed by atoms with Gasteiger partial charge in [-0.1, -0.05) is 0 Å². The highest BCUT2D eigenvalue weighted by atomic mass is 32.2. The Morgan fingerprint density at radius 3 is 2.75 bits per heavy atom. The van der Waals surface area contributed by atoms with Crippen molar-refractivity contribution in [1.29, 1.82) is 0 Å². The molecular formula is C16H27N3O4S. The van der Waals surface area contributed by atoms with Crippen molar-refractivity contribution in [2.24, 2.45) is 10.9 Å². The van der Waals surface area contributed by atoms with E-state index >= 15 is 0 Å². The molecule has 1 aliphatic heterocycles. The van der Waals surface area contributed by atoms with Crippen LogP contribution in [0.1, 0.15) is 31.8 Å². The zero-order valence-electron chi connectivity index (χ0n) is 14.5. The minimum absolute atomic E-state index is 0.104. The molecule has 2 rings (SSSR count). The van der Waals surface area contributed by atoms with E-state index in [0.29, 0.717) is 31.2 Å². The third-order valence-electron chi connectivity index (χ3n) is 4.05. The average Bonchev–Trinajstić information content (AvgIpc) is 3.08. The number of aliphatic hydroxyl groups is 1. The molecule has 2 heterocycles. The van der Waals surface area contributed by atoms with E-state index in [9.17, 15) is 13.5 Å². The molecule has 1 aliphatic rings. The molecule has 0 aliphatic carbocycles. The normalized spacial score (nSPS) is 23.0. The number of hydrogen-bond acceptors (Lipinski definition) is 5. The first-order valence-corrected chi connectivity index (χ1v) is 10.1. The Kier molecular flexibility index (Phi) is 5.92. The average molecular weight is 357 g/mol. The van der Waals surface area contributed by atoms with E-state index in [2.05, 4.69) is 15.6 Å². The maximum Gasteiger partial charge on any atom is 0.191 e. The molecule has 0 spiro atoms. The fraction of sp³-hybridized carbons (Fsp3) is 0.688. The highest BCUT2D eigenvalue weighted by molar-refractivity contribution is 7.91. The topological polar surface area (TPSA) is 104 Å². The predicted octanol–water partition coefficient (Wildman–Crippen LogP) is 0.785. The molecule has 0 bridgehead atoms. The molecule has 2 unspecified atom stereocenters.